The van der Waals surface area contributed by atoms with Crippen molar-refractivity contribution in [2.24, 2.45) is 0 Å². The summed E-state index contributed by atoms with van der Waals surface area (Å²) in [5.74, 6) is 0.200. The molecule has 0 aliphatic heterocycles. The molecule has 0 fully saturated rings. The minimum absolute atomic E-state index is 0.137. The first kappa shape index (κ1) is 19.9. The number of hydrogen-bond donors (Lipinski definition) is 2. The maximum Gasteiger partial charge on any atom is 0.255 e. The lowest BCUT2D eigenvalue weighted by atomic mass is 10.2. The van der Waals surface area contributed by atoms with Crippen molar-refractivity contribution < 1.29 is 14.3 Å². The zero-order valence-electron chi connectivity index (χ0n) is 16.4. The van der Waals surface area contributed by atoms with Crippen molar-refractivity contribution in [1.82, 2.24) is 0 Å². The Labute approximate surface area is 170 Å². The molecule has 0 atom stereocenters. The topological polar surface area (TPSA) is 70.7 Å². The molecule has 0 saturated heterocycles. The summed E-state index contributed by atoms with van der Waals surface area (Å²) in [6, 6.07) is 23.6. The first-order valence-corrected chi connectivity index (χ1v) is 9.17. The second kappa shape index (κ2) is 9.41. The molecule has 6 nitrogen and oxygen atoms in total. The van der Waals surface area contributed by atoms with Crippen molar-refractivity contribution in [1.29, 1.82) is 0 Å². The van der Waals surface area contributed by atoms with E-state index in [4.69, 9.17) is 4.74 Å². The summed E-state index contributed by atoms with van der Waals surface area (Å²) < 4.78 is 5.24. The van der Waals surface area contributed by atoms with Gasteiger partial charge in [-0.2, -0.15) is 0 Å². The summed E-state index contributed by atoms with van der Waals surface area (Å²) in [6.07, 6.45) is 0. The van der Waals surface area contributed by atoms with Gasteiger partial charge in [-0.15, -0.1) is 0 Å². The van der Waals surface area contributed by atoms with Gasteiger partial charge in [0.2, 0.25) is 5.91 Å². The van der Waals surface area contributed by atoms with Gasteiger partial charge in [0.05, 0.1) is 19.3 Å². The number of carbonyl (C=O) groups excluding carboxylic acids is 2. The Kier molecular flexibility index (Phi) is 6.47. The third-order valence-corrected chi connectivity index (χ3v) is 4.36. The number of para-hydroxylation sites is 3. The fourth-order valence-corrected chi connectivity index (χ4v) is 2.84. The molecule has 0 radical (unpaired) electrons. The molecule has 0 aliphatic carbocycles. The van der Waals surface area contributed by atoms with Crippen LogP contribution in [-0.2, 0) is 4.79 Å². The van der Waals surface area contributed by atoms with Gasteiger partial charge in [0.25, 0.3) is 5.91 Å². The van der Waals surface area contributed by atoms with Crippen LogP contribution in [0.15, 0.2) is 78.9 Å². The molecule has 0 heterocycles. The normalized spacial score (nSPS) is 10.1. The molecule has 3 aromatic rings. The maximum atomic E-state index is 12.5. The maximum absolute atomic E-state index is 12.5. The van der Waals surface area contributed by atoms with Crippen LogP contribution in [0, 0.1) is 0 Å². The van der Waals surface area contributed by atoms with Gasteiger partial charge in [-0.05, 0) is 48.5 Å². The molecule has 3 rings (SSSR count). The highest BCUT2D eigenvalue weighted by molar-refractivity contribution is 6.05. The number of hydrogen-bond acceptors (Lipinski definition) is 4. The Morgan fingerprint density at radius 2 is 1.52 bits per heavy atom. The lowest BCUT2D eigenvalue weighted by molar-refractivity contribution is -0.114. The summed E-state index contributed by atoms with van der Waals surface area (Å²) in [4.78, 5) is 26.6. The van der Waals surface area contributed by atoms with Crippen LogP contribution in [0.5, 0.6) is 5.75 Å². The number of benzene rings is 3. The summed E-state index contributed by atoms with van der Waals surface area (Å²) >= 11 is 0. The van der Waals surface area contributed by atoms with Crippen molar-refractivity contribution in [2.75, 3.05) is 36.2 Å². The number of nitrogens with zero attached hydrogens (tertiary/aromatic N) is 1. The third-order valence-electron chi connectivity index (χ3n) is 4.36. The van der Waals surface area contributed by atoms with E-state index in [2.05, 4.69) is 10.6 Å². The molecular formula is C23H23N3O3. The Balaban J connectivity index is 1.58. The van der Waals surface area contributed by atoms with Gasteiger partial charge in [0.1, 0.15) is 5.75 Å². The smallest absolute Gasteiger partial charge is 0.255 e. The number of carbonyl (C=O) groups is 2. The van der Waals surface area contributed by atoms with E-state index in [1.165, 1.54) is 0 Å². The highest BCUT2D eigenvalue weighted by Gasteiger charge is 2.11. The second-order valence-corrected chi connectivity index (χ2v) is 6.47. The van der Waals surface area contributed by atoms with Crippen molar-refractivity contribution in [3.63, 3.8) is 0 Å². The predicted octanol–water partition coefficient (Wildman–Crippen LogP) is 4.02. The van der Waals surface area contributed by atoms with Gasteiger partial charge in [0.15, 0.2) is 0 Å². The van der Waals surface area contributed by atoms with Crippen molar-refractivity contribution in [3.05, 3.63) is 84.4 Å². The third kappa shape index (κ3) is 5.35. The lowest BCUT2D eigenvalue weighted by Crippen LogP contribution is -2.30. The van der Waals surface area contributed by atoms with Crippen molar-refractivity contribution in [3.8, 4) is 5.75 Å². The molecule has 29 heavy (non-hydrogen) atoms. The minimum atomic E-state index is -0.254. The van der Waals surface area contributed by atoms with Crippen LogP contribution >= 0.6 is 0 Å². The van der Waals surface area contributed by atoms with E-state index in [-0.39, 0.29) is 18.4 Å². The van der Waals surface area contributed by atoms with Crippen LogP contribution in [0.25, 0.3) is 0 Å². The molecule has 0 spiro atoms. The van der Waals surface area contributed by atoms with Gasteiger partial charge in [0, 0.05) is 24.0 Å². The van der Waals surface area contributed by atoms with E-state index in [9.17, 15) is 9.59 Å². The van der Waals surface area contributed by atoms with E-state index in [0.29, 0.717) is 22.7 Å². The summed E-state index contributed by atoms with van der Waals surface area (Å²) in [5.41, 5.74) is 2.67. The molecule has 2 N–H and O–H groups in total. The highest BCUT2D eigenvalue weighted by Crippen LogP contribution is 2.24. The van der Waals surface area contributed by atoms with Crippen LogP contribution in [0.2, 0.25) is 0 Å². The van der Waals surface area contributed by atoms with Crippen molar-refractivity contribution >= 4 is 28.9 Å². The van der Waals surface area contributed by atoms with E-state index >= 15 is 0 Å². The molecule has 0 aliphatic rings. The van der Waals surface area contributed by atoms with E-state index < -0.39 is 0 Å². The van der Waals surface area contributed by atoms with Crippen LogP contribution in [-0.4, -0.2) is 32.5 Å². The second-order valence-electron chi connectivity index (χ2n) is 6.47. The van der Waals surface area contributed by atoms with Gasteiger partial charge >= 0.3 is 0 Å². The van der Waals surface area contributed by atoms with E-state index in [1.54, 1.807) is 43.5 Å². The lowest BCUT2D eigenvalue weighted by Gasteiger charge is -2.18. The number of methoxy groups -OCH3 is 1. The average molecular weight is 389 g/mol. The number of ether oxygens (including phenoxy) is 1. The van der Waals surface area contributed by atoms with Crippen LogP contribution < -0.4 is 20.3 Å². The minimum Gasteiger partial charge on any atom is -0.495 e. The highest BCUT2D eigenvalue weighted by atomic mass is 16.5. The summed E-state index contributed by atoms with van der Waals surface area (Å²) in [7, 11) is 3.41. The molecular weight excluding hydrogens is 366 g/mol. The fraction of sp³-hybridized carbons (Fsp3) is 0.130. The number of nitrogens with one attached hydrogen (secondary N) is 2. The Bertz CT molecular complexity index is 972. The average Bonchev–Trinajstić information content (AvgIpc) is 2.75. The largest absolute Gasteiger partial charge is 0.495 e. The van der Waals surface area contributed by atoms with Crippen molar-refractivity contribution in [2.45, 2.75) is 0 Å². The molecule has 0 bridgehead atoms. The Morgan fingerprint density at radius 3 is 2.21 bits per heavy atom. The molecule has 0 unspecified atom stereocenters. The van der Waals surface area contributed by atoms with Gasteiger partial charge < -0.3 is 20.3 Å². The van der Waals surface area contributed by atoms with Crippen LogP contribution in [0.1, 0.15) is 10.4 Å². The number of anilines is 3. The Morgan fingerprint density at radius 1 is 0.862 bits per heavy atom. The van der Waals surface area contributed by atoms with Crippen LogP contribution in [0.3, 0.4) is 0 Å². The zero-order chi connectivity index (χ0) is 20.6. The molecule has 0 saturated carbocycles. The molecule has 2 amide bonds. The van der Waals surface area contributed by atoms with Gasteiger partial charge in [-0.3, -0.25) is 9.59 Å². The SMILES string of the molecule is COc1ccccc1NC(=O)c1ccc(NC(=O)CN(C)c2ccccc2)cc1. The predicted molar refractivity (Wildman–Crippen MR) is 116 cm³/mol. The number of amides is 2. The summed E-state index contributed by atoms with van der Waals surface area (Å²) in [6.45, 7) is 0.222. The van der Waals surface area contributed by atoms with E-state index in [1.807, 2.05) is 54.4 Å². The van der Waals surface area contributed by atoms with E-state index in [0.717, 1.165) is 5.69 Å². The zero-order valence-corrected chi connectivity index (χ0v) is 16.4. The molecule has 6 heteroatoms. The molecule has 148 valence electrons. The monoisotopic (exact) mass is 389 g/mol. The summed E-state index contributed by atoms with van der Waals surface area (Å²) in [5, 5.41) is 5.67. The Hall–Kier alpha value is -3.80. The fourth-order valence-electron chi connectivity index (χ4n) is 2.84. The molecule has 3 aromatic carbocycles. The van der Waals surface area contributed by atoms with Gasteiger partial charge in [-0.1, -0.05) is 30.3 Å². The first-order valence-electron chi connectivity index (χ1n) is 9.17. The van der Waals surface area contributed by atoms with Gasteiger partial charge in [-0.25, -0.2) is 0 Å². The van der Waals surface area contributed by atoms with Crippen LogP contribution in [0.4, 0.5) is 17.1 Å². The number of rotatable bonds is 7. The standard InChI is InChI=1S/C23H23N3O3/c1-26(19-8-4-3-5-9-19)16-22(27)24-18-14-12-17(13-15-18)23(28)25-20-10-6-7-11-21(20)29-2/h3-15H,16H2,1-2H3,(H,24,27)(H,25,28). The first-order chi connectivity index (χ1) is 14.1. The quantitative estimate of drug-likeness (QED) is 0.640. The number of likely N-dealkylation sites (N-methyl/N-ethyl adjacent to an activating group) is 1. The molecule has 0 aromatic heterocycles.